The number of nitrogens with zero attached hydrogens (tertiary/aromatic N) is 3. The van der Waals surface area contributed by atoms with Crippen molar-refractivity contribution in [3.8, 4) is 0 Å². The van der Waals surface area contributed by atoms with Gasteiger partial charge in [-0.2, -0.15) is 4.31 Å². The van der Waals surface area contributed by atoms with Gasteiger partial charge in [-0.15, -0.1) is 0 Å². The molecule has 8 heteroatoms. The summed E-state index contributed by atoms with van der Waals surface area (Å²) in [6.07, 6.45) is 1.71. The first-order chi connectivity index (χ1) is 15.7. The Labute approximate surface area is 196 Å². The van der Waals surface area contributed by atoms with E-state index in [0.717, 1.165) is 24.1 Å². The van der Waals surface area contributed by atoms with Crippen LogP contribution < -0.4 is 4.90 Å². The van der Waals surface area contributed by atoms with Crippen molar-refractivity contribution < 1.29 is 17.6 Å². The quantitative estimate of drug-likeness (QED) is 0.677. The number of aryl methyl sites for hydroxylation is 1. The molecule has 0 bridgehead atoms. The van der Waals surface area contributed by atoms with E-state index in [2.05, 4.69) is 11.8 Å². The smallest absolute Gasteiger partial charge is 0.254 e. The average Bonchev–Trinajstić information content (AvgIpc) is 2.81. The molecule has 0 spiro atoms. The maximum atomic E-state index is 13.4. The molecular formula is C25H32FN3O3S. The maximum Gasteiger partial charge on any atom is 0.254 e. The molecule has 6 nitrogen and oxygen atoms in total. The minimum Gasteiger partial charge on any atom is -0.368 e. The number of carbonyl (C=O) groups is 1. The third-order valence-electron chi connectivity index (χ3n) is 6.99. The van der Waals surface area contributed by atoms with E-state index >= 15 is 0 Å². The minimum atomic E-state index is -3.65. The highest BCUT2D eigenvalue weighted by Gasteiger charge is 2.31. The van der Waals surface area contributed by atoms with Crippen molar-refractivity contribution >= 4 is 21.6 Å². The second kappa shape index (κ2) is 9.43. The fourth-order valence-corrected chi connectivity index (χ4v) is 6.38. The molecule has 33 heavy (non-hydrogen) atoms. The van der Waals surface area contributed by atoms with E-state index in [1.54, 1.807) is 33.5 Å². The summed E-state index contributed by atoms with van der Waals surface area (Å²) in [5.41, 5.74) is 2.84. The van der Waals surface area contributed by atoms with Gasteiger partial charge in [-0.1, -0.05) is 6.92 Å². The molecule has 0 aliphatic carbocycles. The van der Waals surface area contributed by atoms with E-state index < -0.39 is 10.0 Å². The molecule has 0 N–H and O–H groups in total. The van der Waals surface area contributed by atoms with Crippen molar-refractivity contribution in [1.29, 1.82) is 0 Å². The Kier molecular flexibility index (Phi) is 6.77. The predicted octanol–water partition coefficient (Wildman–Crippen LogP) is 3.83. The van der Waals surface area contributed by atoms with Gasteiger partial charge >= 0.3 is 0 Å². The van der Waals surface area contributed by atoms with Gasteiger partial charge in [-0.3, -0.25) is 4.79 Å². The molecule has 0 atom stereocenters. The standard InChI is InChI=1S/C25H32FN3O3S/c1-18-8-10-29(11-9-18)33(31,32)24-17-21(16-19(2)20(24)3)25(30)28-14-12-27(13-15-28)23-6-4-22(26)5-7-23/h4-7,16-18H,8-15H2,1-3H3. The van der Waals surface area contributed by atoms with E-state index in [1.807, 2.05) is 13.8 Å². The summed E-state index contributed by atoms with van der Waals surface area (Å²) in [5.74, 6) is 0.105. The average molecular weight is 474 g/mol. The number of hydrogen-bond acceptors (Lipinski definition) is 4. The van der Waals surface area contributed by atoms with E-state index in [4.69, 9.17) is 0 Å². The molecular weight excluding hydrogens is 441 g/mol. The third-order valence-corrected chi connectivity index (χ3v) is 9.01. The lowest BCUT2D eigenvalue weighted by Gasteiger charge is -2.36. The molecule has 2 heterocycles. The number of halogens is 1. The zero-order valence-electron chi connectivity index (χ0n) is 19.6. The summed E-state index contributed by atoms with van der Waals surface area (Å²) >= 11 is 0. The summed E-state index contributed by atoms with van der Waals surface area (Å²) in [6.45, 7) is 9.18. The Hall–Kier alpha value is -2.45. The number of rotatable bonds is 4. The molecule has 2 aliphatic rings. The summed E-state index contributed by atoms with van der Waals surface area (Å²) in [4.78, 5) is 17.4. The van der Waals surface area contributed by atoms with Crippen molar-refractivity contribution in [2.45, 2.75) is 38.5 Å². The first kappa shape index (κ1) is 23.7. The van der Waals surface area contributed by atoms with Crippen LogP contribution in [-0.4, -0.2) is 62.8 Å². The number of sulfonamides is 1. The summed E-state index contributed by atoms with van der Waals surface area (Å²) in [6, 6.07) is 9.72. The summed E-state index contributed by atoms with van der Waals surface area (Å²) in [5, 5.41) is 0. The highest BCUT2D eigenvalue weighted by molar-refractivity contribution is 7.89. The number of benzene rings is 2. The summed E-state index contributed by atoms with van der Waals surface area (Å²) < 4.78 is 41.6. The first-order valence-electron chi connectivity index (χ1n) is 11.6. The number of hydrogen-bond donors (Lipinski definition) is 0. The van der Waals surface area contributed by atoms with Gasteiger partial charge < -0.3 is 9.80 Å². The second-order valence-corrected chi connectivity index (χ2v) is 11.2. The van der Waals surface area contributed by atoms with Crippen LogP contribution in [0.4, 0.5) is 10.1 Å². The molecule has 0 unspecified atom stereocenters. The molecule has 1 amide bonds. The highest BCUT2D eigenvalue weighted by Crippen LogP contribution is 2.28. The lowest BCUT2D eigenvalue weighted by molar-refractivity contribution is 0.0746. The fraction of sp³-hybridized carbons (Fsp3) is 0.480. The van der Waals surface area contributed by atoms with Crippen molar-refractivity contribution in [2.24, 2.45) is 5.92 Å². The molecule has 2 aromatic rings. The van der Waals surface area contributed by atoms with Crippen molar-refractivity contribution in [3.05, 3.63) is 58.9 Å². The number of piperidine rings is 1. The molecule has 178 valence electrons. The molecule has 0 aromatic heterocycles. The maximum absolute atomic E-state index is 13.4. The molecule has 0 radical (unpaired) electrons. The van der Waals surface area contributed by atoms with Gasteiger partial charge in [0.1, 0.15) is 5.82 Å². The van der Waals surface area contributed by atoms with Crippen LogP contribution in [0.2, 0.25) is 0 Å². The molecule has 2 saturated heterocycles. The van der Waals surface area contributed by atoms with Gasteiger partial charge in [0.05, 0.1) is 4.90 Å². The van der Waals surface area contributed by atoms with Gasteiger partial charge in [-0.05, 0) is 80.1 Å². The fourth-order valence-electron chi connectivity index (χ4n) is 4.58. The lowest BCUT2D eigenvalue weighted by Crippen LogP contribution is -2.48. The molecule has 2 fully saturated rings. The predicted molar refractivity (Wildman–Crippen MR) is 128 cm³/mol. The largest absolute Gasteiger partial charge is 0.368 e. The third kappa shape index (κ3) is 4.92. The van der Waals surface area contributed by atoms with Crippen LogP contribution in [0.5, 0.6) is 0 Å². The van der Waals surface area contributed by atoms with Crippen molar-refractivity contribution in [1.82, 2.24) is 9.21 Å². The number of carbonyl (C=O) groups excluding carboxylic acids is 1. The summed E-state index contributed by atoms with van der Waals surface area (Å²) in [7, 11) is -3.65. The molecule has 2 aliphatic heterocycles. The monoisotopic (exact) mass is 473 g/mol. The van der Waals surface area contributed by atoms with E-state index in [9.17, 15) is 17.6 Å². The van der Waals surface area contributed by atoms with Gasteiger partial charge in [0.25, 0.3) is 5.91 Å². The lowest BCUT2D eigenvalue weighted by atomic mass is 10.0. The topological polar surface area (TPSA) is 60.9 Å². The molecule has 4 rings (SSSR count). The van der Waals surface area contributed by atoms with E-state index in [0.29, 0.717) is 56.3 Å². The Balaban J connectivity index is 1.52. The molecule has 2 aromatic carbocycles. The second-order valence-electron chi connectivity index (χ2n) is 9.26. The minimum absolute atomic E-state index is 0.152. The highest BCUT2D eigenvalue weighted by atomic mass is 32.2. The Morgan fingerprint density at radius 3 is 2.15 bits per heavy atom. The normalized spacial score (nSPS) is 18.5. The zero-order valence-corrected chi connectivity index (χ0v) is 20.4. The number of piperazine rings is 1. The van der Waals surface area contributed by atoms with Gasteiger partial charge in [0, 0.05) is 50.5 Å². The van der Waals surface area contributed by atoms with E-state index in [-0.39, 0.29) is 16.6 Å². The van der Waals surface area contributed by atoms with E-state index in [1.165, 1.54) is 12.1 Å². The van der Waals surface area contributed by atoms with Gasteiger partial charge in [0.15, 0.2) is 0 Å². The Morgan fingerprint density at radius 1 is 0.939 bits per heavy atom. The number of amides is 1. The Morgan fingerprint density at radius 2 is 1.55 bits per heavy atom. The number of anilines is 1. The van der Waals surface area contributed by atoms with Crippen LogP contribution in [0.15, 0.2) is 41.3 Å². The van der Waals surface area contributed by atoms with Crippen molar-refractivity contribution in [2.75, 3.05) is 44.2 Å². The van der Waals surface area contributed by atoms with Crippen LogP contribution in [0.1, 0.15) is 41.3 Å². The first-order valence-corrected chi connectivity index (χ1v) is 13.0. The van der Waals surface area contributed by atoms with Crippen molar-refractivity contribution in [3.63, 3.8) is 0 Å². The van der Waals surface area contributed by atoms with Crippen LogP contribution >= 0.6 is 0 Å². The van der Waals surface area contributed by atoms with Crippen LogP contribution in [0.3, 0.4) is 0 Å². The SMILES string of the molecule is Cc1cc(C(=O)N2CCN(c3ccc(F)cc3)CC2)cc(S(=O)(=O)N2CCC(C)CC2)c1C. The van der Waals surface area contributed by atoms with Gasteiger partial charge in [-0.25, -0.2) is 12.8 Å². The Bertz CT molecular complexity index is 1120. The zero-order chi connectivity index (χ0) is 23.8. The van der Waals surface area contributed by atoms with Crippen LogP contribution in [0, 0.1) is 25.6 Å². The van der Waals surface area contributed by atoms with Gasteiger partial charge in [0.2, 0.25) is 10.0 Å². The van der Waals surface area contributed by atoms with Crippen LogP contribution in [-0.2, 0) is 10.0 Å². The molecule has 0 saturated carbocycles. The van der Waals surface area contributed by atoms with Crippen LogP contribution in [0.25, 0.3) is 0 Å².